The lowest BCUT2D eigenvalue weighted by atomic mass is 9.93. The van der Waals surface area contributed by atoms with Crippen LogP contribution in [0.25, 0.3) is 0 Å². The highest BCUT2D eigenvalue weighted by Crippen LogP contribution is 2.43. The van der Waals surface area contributed by atoms with Crippen LogP contribution >= 0.6 is 0 Å². The van der Waals surface area contributed by atoms with Gasteiger partial charge in [-0.25, -0.2) is 0 Å². The van der Waals surface area contributed by atoms with Gasteiger partial charge in [-0.05, 0) is 61.9 Å². The molecule has 1 aromatic carbocycles. The summed E-state index contributed by atoms with van der Waals surface area (Å²) in [7, 11) is 1.98. The van der Waals surface area contributed by atoms with Crippen molar-refractivity contribution in [2.45, 2.75) is 45.1 Å². The number of carbonyl (C=O) groups excluding carboxylic acids is 1. The molecule has 3 rings (SSSR count). The molecular formula is C20H28F3N3O2. The Morgan fingerprint density at radius 1 is 1.21 bits per heavy atom. The molecule has 1 aliphatic carbocycles. The second-order valence-electron chi connectivity index (χ2n) is 8.27. The number of alkyl halides is 3. The predicted molar refractivity (Wildman–Crippen MR) is 101 cm³/mol. The molecule has 0 unspecified atom stereocenters. The molecule has 156 valence electrons. The minimum atomic E-state index is -4.68. The lowest BCUT2D eigenvalue weighted by Crippen LogP contribution is -2.52. The fourth-order valence-corrected chi connectivity index (χ4v) is 5.02. The molecule has 4 atom stereocenters. The zero-order valence-corrected chi connectivity index (χ0v) is 16.4. The van der Waals surface area contributed by atoms with E-state index in [9.17, 15) is 18.0 Å². The van der Waals surface area contributed by atoms with Crippen LogP contribution in [0.15, 0.2) is 24.3 Å². The van der Waals surface area contributed by atoms with Crippen LogP contribution in [0.1, 0.15) is 26.7 Å². The molecule has 0 bridgehead atoms. The van der Waals surface area contributed by atoms with Gasteiger partial charge in [-0.1, -0.05) is 13.8 Å². The Morgan fingerprint density at radius 2 is 1.86 bits per heavy atom. The Labute approximate surface area is 163 Å². The maximum Gasteiger partial charge on any atom is 0.573 e. The molecule has 28 heavy (non-hydrogen) atoms. The van der Waals surface area contributed by atoms with Crippen molar-refractivity contribution in [1.29, 1.82) is 0 Å². The van der Waals surface area contributed by atoms with Crippen LogP contribution in [0.5, 0.6) is 5.75 Å². The number of fused-ring (bicyclic) bond motifs is 1. The SMILES string of the molecule is CC(C)[C@@H](C(N)=O)N(C)[C@H]1CC[C@@H]2CN(c3ccc(OC(F)(F)F)cc3)C[C@@H]21. The number of nitrogens with two attached hydrogens (primary N) is 1. The van der Waals surface area contributed by atoms with Crippen molar-refractivity contribution in [3.63, 3.8) is 0 Å². The van der Waals surface area contributed by atoms with Crippen molar-refractivity contribution < 1.29 is 22.7 Å². The van der Waals surface area contributed by atoms with E-state index in [1.807, 2.05) is 20.9 Å². The number of carbonyl (C=O) groups is 1. The maximum atomic E-state index is 12.3. The van der Waals surface area contributed by atoms with Gasteiger partial charge in [0.05, 0.1) is 6.04 Å². The first-order valence-corrected chi connectivity index (χ1v) is 9.69. The highest BCUT2D eigenvalue weighted by atomic mass is 19.4. The van der Waals surface area contributed by atoms with Gasteiger partial charge in [0.2, 0.25) is 5.91 Å². The fraction of sp³-hybridized carbons (Fsp3) is 0.650. The van der Waals surface area contributed by atoms with Crippen LogP contribution in [0, 0.1) is 17.8 Å². The number of hydrogen-bond donors (Lipinski definition) is 1. The molecule has 2 aliphatic rings. The Balaban J connectivity index is 1.68. The normalized spacial score (nSPS) is 26.0. The molecular weight excluding hydrogens is 371 g/mol. The highest BCUT2D eigenvalue weighted by molar-refractivity contribution is 5.80. The number of hydrogen-bond acceptors (Lipinski definition) is 4. The average Bonchev–Trinajstić information content (AvgIpc) is 3.13. The highest BCUT2D eigenvalue weighted by Gasteiger charge is 2.46. The summed E-state index contributed by atoms with van der Waals surface area (Å²) in [5.74, 6) is 0.557. The lowest BCUT2D eigenvalue weighted by molar-refractivity contribution is -0.274. The van der Waals surface area contributed by atoms with Gasteiger partial charge in [-0.3, -0.25) is 9.69 Å². The lowest BCUT2D eigenvalue weighted by Gasteiger charge is -2.36. The number of likely N-dealkylation sites (N-methyl/N-ethyl adjacent to an activating group) is 1. The van der Waals surface area contributed by atoms with Gasteiger partial charge in [0, 0.05) is 24.8 Å². The van der Waals surface area contributed by atoms with Gasteiger partial charge in [0.15, 0.2) is 0 Å². The average molecular weight is 399 g/mol. The number of ether oxygens (including phenoxy) is 1. The van der Waals surface area contributed by atoms with E-state index in [0.717, 1.165) is 31.6 Å². The Hall–Kier alpha value is -1.96. The van der Waals surface area contributed by atoms with E-state index in [1.54, 1.807) is 12.1 Å². The predicted octanol–water partition coefficient (Wildman–Crippen LogP) is 3.24. The standard InChI is InChI=1S/C20H28F3N3O2/c1-12(2)18(19(24)27)25(3)17-9-4-13-10-26(11-16(13)17)14-5-7-15(8-6-14)28-20(21,22)23/h5-8,12-13,16-18H,4,9-11H2,1-3H3,(H2,24,27)/t13-,16+,17+,18+/m1/s1. The van der Waals surface area contributed by atoms with Crippen molar-refractivity contribution in [2.75, 3.05) is 25.0 Å². The Kier molecular flexibility index (Phi) is 5.79. The number of halogens is 3. The third-order valence-corrected chi connectivity index (χ3v) is 6.14. The van der Waals surface area contributed by atoms with Crippen molar-refractivity contribution in [3.05, 3.63) is 24.3 Å². The van der Waals surface area contributed by atoms with E-state index in [2.05, 4.69) is 14.5 Å². The van der Waals surface area contributed by atoms with Crippen LogP contribution in [0.3, 0.4) is 0 Å². The van der Waals surface area contributed by atoms with E-state index in [0.29, 0.717) is 11.8 Å². The van der Waals surface area contributed by atoms with Crippen LogP contribution in [0.2, 0.25) is 0 Å². The van der Waals surface area contributed by atoms with Crippen molar-refractivity contribution >= 4 is 11.6 Å². The minimum Gasteiger partial charge on any atom is -0.406 e. The van der Waals surface area contributed by atoms with Gasteiger partial charge in [-0.2, -0.15) is 0 Å². The summed E-state index contributed by atoms with van der Waals surface area (Å²) in [4.78, 5) is 16.3. The zero-order valence-electron chi connectivity index (χ0n) is 16.4. The second kappa shape index (κ2) is 7.81. The Morgan fingerprint density at radius 3 is 2.39 bits per heavy atom. The van der Waals surface area contributed by atoms with Gasteiger partial charge >= 0.3 is 6.36 Å². The quantitative estimate of drug-likeness (QED) is 0.798. The maximum absolute atomic E-state index is 12.3. The molecule has 5 nitrogen and oxygen atoms in total. The molecule has 2 N–H and O–H groups in total. The molecule has 0 aromatic heterocycles. The number of rotatable bonds is 6. The first-order chi connectivity index (χ1) is 13.1. The van der Waals surface area contributed by atoms with E-state index in [-0.39, 0.29) is 29.7 Å². The summed E-state index contributed by atoms with van der Waals surface area (Å²) < 4.78 is 40.9. The molecule has 2 fully saturated rings. The zero-order chi connectivity index (χ0) is 20.6. The van der Waals surface area contributed by atoms with Gasteiger partial charge in [0.1, 0.15) is 5.75 Å². The summed E-state index contributed by atoms with van der Waals surface area (Å²) >= 11 is 0. The van der Waals surface area contributed by atoms with Crippen LogP contribution < -0.4 is 15.4 Å². The molecule has 1 aromatic rings. The number of anilines is 1. The van der Waals surface area contributed by atoms with Crippen LogP contribution in [-0.4, -0.2) is 49.4 Å². The molecule has 0 radical (unpaired) electrons. The molecule has 1 amide bonds. The summed E-state index contributed by atoms with van der Waals surface area (Å²) in [6.45, 7) is 5.70. The Bertz CT molecular complexity index is 693. The molecule has 0 spiro atoms. The summed E-state index contributed by atoms with van der Waals surface area (Å²) in [5, 5.41) is 0. The topological polar surface area (TPSA) is 58.8 Å². The van der Waals surface area contributed by atoms with Gasteiger partial charge in [-0.15, -0.1) is 13.2 Å². The van der Waals surface area contributed by atoms with Crippen molar-refractivity contribution in [3.8, 4) is 5.75 Å². The summed E-state index contributed by atoms with van der Waals surface area (Å²) in [6, 6.07) is 6.02. The van der Waals surface area contributed by atoms with Crippen molar-refractivity contribution in [1.82, 2.24) is 4.90 Å². The third kappa shape index (κ3) is 4.37. The number of benzene rings is 1. The first-order valence-electron chi connectivity index (χ1n) is 9.69. The second-order valence-corrected chi connectivity index (χ2v) is 8.27. The van der Waals surface area contributed by atoms with Gasteiger partial charge < -0.3 is 15.4 Å². The monoisotopic (exact) mass is 399 g/mol. The van der Waals surface area contributed by atoms with Gasteiger partial charge in [0.25, 0.3) is 0 Å². The summed E-state index contributed by atoms with van der Waals surface area (Å²) in [5.41, 5.74) is 6.53. The minimum absolute atomic E-state index is 0.139. The molecule has 8 heteroatoms. The molecule has 1 aliphatic heterocycles. The number of amides is 1. The number of primary amides is 1. The van der Waals surface area contributed by atoms with Crippen LogP contribution in [-0.2, 0) is 4.79 Å². The van der Waals surface area contributed by atoms with E-state index >= 15 is 0 Å². The fourth-order valence-electron chi connectivity index (χ4n) is 5.02. The first kappa shape index (κ1) is 20.8. The molecule has 1 saturated carbocycles. The summed E-state index contributed by atoms with van der Waals surface area (Å²) in [6.07, 6.45) is -2.57. The largest absolute Gasteiger partial charge is 0.573 e. The smallest absolute Gasteiger partial charge is 0.406 e. The molecule has 1 saturated heterocycles. The van der Waals surface area contributed by atoms with E-state index in [1.165, 1.54) is 12.1 Å². The number of nitrogens with zero attached hydrogens (tertiary/aromatic N) is 2. The molecule has 1 heterocycles. The third-order valence-electron chi connectivity index (χ3n) is 6.14. The van der Waals surface area contributed by atoms with Crippen LogP contribution in [0.4, 0.5) is 18.9 Å². The van der Waals surface area contributed by atoms with Crippen molar-refractivity contribution in [2.24, 2.45) is 23.5 Å². The van der Waals surface area contributed by atoms with E-state index in [4.69, 9.17) is 5.73 Å². The van der Waals surface area contributed by atoms with E-state index < -0.39 is 6.36 Å².